The van der Waals surface area contributed by atoms with Crippen molar-refractivity contribution >= 4 is 7.85 Å². The second kappa shape index (κ2) is 3.24. The molecule has 2 fully saturated rings. The number of rotatable bonds is 1. The molecule has 2 aliphatic heterocycles. The van der Waals surface area contributed by atoms with Crippen LogP contribution < -0.4 is 0 Å². The van der Waals surface area contributed by atoms with E-state index in [-0.39, 0.29) is 6.61 Å². The molecule has 4 unspecified atom stereocenters. The average Bonchev–Trinajstić information content (AvgIpc) is 2.26. The van der Waals surface area contributed by atoms with E-state index in [2.05, 4.69) is 0 Å². The summed E-state index contributed by atoms with van der Waals surface area (Å²) in [5.74, 6) is 0. The van der Waals surface area contributed by atoms with Crippen molar-refractivity contribution in [3.63, 3.8) is 0 Å². The third-order valence-electron chi connectivity index (χ3n) is 2.87. The van der Waals surface area contributed by atoms with Gasteiger partial charge in [-0.25, -0.2) is 0 Å². The summed E-state index contributed by atoms with van der Waals surface area (Å²) in [4.78, 5) is 0. The number of hydrogen-bond acceptors (Lipinski definition) is 4. The molecule has 2 saturated heterocycles. The minimum Gasteiger partial charge on any atom is -0.393 e. The molecule has 0 amide bonds. The smallest absolute Gasteiger partial charge is 0.119 e. The van der Waals surface area contributed by atoms with Crippen LogP contribution in [0.25, 0.3) is 0 Å². The van der Waals surface area contributed by atoms with Gasteiger partial charge in [0.15, 0.2) is 0 Å². The Morgan fingerprint density at radius 3 is 3.00 bits per heavy atom. The first kappa shape index (κ1) is 9.46. The Kier molecular flexibility index (Phi) is 2.36. The third-order valence-corrected chi connectivity index (χ3v) is 2.87. The lowest BCUT2D eigenvalue weighted by Crippen LogP contribution is -2.45. The average molecular weight is 184 g/mol. The predicted molar refractivity (Wildman–Crippen MR) is 45.4 cm³/mol. The van der Waals surface area contributed by atoms with Crippen molar-refractivity contribution in [2.75, 3.05) is 13.2 Å². The number of ether oxygens (including phenoxy) is 2. The normalized spacial score (nSPS) is 50.5. The molecule has 0 aromatic rings. The topological polar surface area (TPSA) is 58.9 Å². The van der Waals surface area contributed by atoms with Gasteiger partial charge in [0.2, 0.25) is 0 Å². The Morgan fingerprint density at radius 1 is 1.54 bits per heavy atom. The largest absolute Gasteiger partial charge is 0.393 e. The molecule has 0 aromatic heterocycles. The fourth-order valence-corrected chi connectivity index (χ4v) is 2.08. The lowest BCUT2D eigenvalue weighted by molar-refractivity contribution is -0.102. The zero-order valence-electron chi connectivity index (χ0n) is 7.35. The highest BCUT2D eigenvalue weighted by Crippen LogP contribution is 2.37. The summed E-state index contributed by atoms with van der Waals surface area (Å²) < 4.78 is 10.7. The molecule has 13 heavy (non-hydrogen) atoms. The molecular weight excluding hydrogens is 171 g/mol. The summed E-state index contributed by atoms with van der Waals surface area (Å²) in [6, 6.07) is -0.623. The van der Waals surface area contributed by atoms with Gasteiger partial charge < -0.3 is 19.7 Å². The molecule has 5 heteroatoms. The predicted octanol–water partition coefficient (Wildman–Crippen LogP) is -1.22. The molecule has 72 valence electrons. The summed E-state index contributed by atoms with van der Waals surface area (Å²) in [5.41, 5.74) is -0.888. The highest BCUT2D eigenvalue weighted by Gasteiger charge is 2.53. The van der Waals surface area contributed by atoms with Crippen LogP contribution in [0.4, 0.5) is 0 Å². The molecule has 0 saturated carbocycles. The van der Waals surface area contributed by atoms with Crippen molar-refractivity contribution in [3.8, 4) is 0 Å². The summed E-state index contributed by atoms with van der Waals surface area (Å²) >= 11 is 0. The van der Waals surface area contributed by atoms with Crippen LogP contribution in [0.5, 0.6) is 0 Å². The van der Waals surface area contributed by atoms with Crippen molar-refractivity contribution in [3.05, 3.63) is 0 Å². The van der Waals surface area contributed by atoms with Crippen LogP contribution in [-0.2, 0) is 9.47 Å². The van der Waals surface area contributed by atoms with E-state index >= 15 is 0 Å². The van der Waals surface area contributed by atoms with Crippen LogP contribution in [0.15, 0.2) is 0 Å². The first-order chi connectivity index (χ1) is 6.19. The summed E-state index contributed by atoms with van der Waals surface area (Å²) in [5, 5.41) is 19.0. The Balaban J connectivity index is 2.24. The Bertz CT molecular complexity index is 201. The molecule has 0 aliphatic carbocycles. The molecule has 2 rings (SSSR count). The van der Waals surface area contributed by atoms with E-state index in [1.165, 1.54) is 0 Å². The Labute approximate surface area is 78.2 Å². The first-order valence-corrected chi connectivity index (χ1v) is 4.53. The summed E-state index contributed by atoms with van der Waals surface area (Å²) in [6.07, 6.45) is 0.0695. The molecule has 2 heterocycles. The van der Waals surface area contributed by atoms with E-state index in [0.29, 0.717) is 13.0 Å². The molecule has 0 spiro atoms. The zero-order chi connectivity index (χ0) is 9.47. The minimum absolute atomic E-state index is 0.207. The quantitative estimate of drug-likeness (QED) is 0.501. The highest BCUT2D eigenvalue weighted by molar-refractivity contribution is 6.11. The zero-order valence-corrected chi connectivity index (χ0v) is 7.35. The van der Waals surface area contributed by atoms with Gasteiger partial charge in [0.1, 0.15) is 25.7 Å². The summed E-state index contributed by atoms with van der Waals surface area (Å²) in [6.45, 7) is 0.363. The van der Waals surface area contributed by atoms with Gasteiger partial charge in [-0.2, -0.15) is 0 Å². The van der Waals surface area contributed by atoms with Crippen LogP contribution in [-0.4, -0.2) is 55.1 Å². The fourth-order valence-electron chi connectivity index (χ4n) is 2.08. The molecule has 2 bridgehead atoms. The van der Waals surface area contributed by atoms with Gasteiger partial charge in [0, 0.05) is 12.6 Å². The maximum absolute atomic E-state index is 9.82. The van der Waals surface area contributed by atoms with Crippen LogP contribution in [0.1, 0.15) is 12.8 Å². The maximum Gasteiger partial charge on any atom is 0.119 e. The minimum atomic E-state index is -0.888. The second-order valence-electron chi connectivity index (χ2n) is 3.69. The molecule has 0 aromatic carbocycles. The molecule has 2 radical (unpaired) electrons. The van der Waals surface area contributed by atoms with Gasteiger partial charge in [0.05, 0.1) is 6.61 Å². The van der Waals surface area contributed by atoms with Gasteiger partial charge in [0.25, 0.3) is 0 Å². The van der Waals surface area contributed by atoms with E-state index in [0.717, 1.165) is 6.42 Å². The van der Waals surface area contributed by atoms with E-state index in [4.69, 9.17) is 17.3 Å². The standard InChI is InChI=1S/C8H13BO4/c9-7-5-6(11)8(4-10,13-7)2-1-3-12-5/h5-7,10-11H,1-4H2. The van der Waals surface area contributed by atoms with Crippen molar-refractivity contribution < 1.29 is 19.7 Å². The van der Waals surface area contributed by atoms with Gasteiger partial charge in [-0.05, 0) is 12.8 Å². The van der Waals surface area contributed by atoms with E-state index < -0.39 is 23.8 Å². The lowest BCUT2D eigenvalue weighted by atomic mass is 9.88. The monoisotopic (exact) mass is 184 g/mol. The van der Waals surface area contributed by atoms with Crippen molar-refractivity contribution in [1.29, 1.82) is 0 Å². The number of fused-ring (bicyclic) bond motifs is 2. The van der Waals surface area contributed by atoms with Gasteiger partial charge in [-0.3, -0.25) is 0 Å². The maximum atomic E-state index is 9.82. The second-order valence-corrected chi connectivity index (χ2v) is 3.69. The van der Waals surface area contributed by atoms with Crippen molar-refractivity contribution in [1.82, 2.24) is 0 Å². The molecule has 2 aliphatic rings. The number of aliphatic hydroxyl groups excluding tert-OH is 2. The van der Waals surface area contributed by atoms with Gasteiger partial charge in [-0.1, -0.05) is 0 Å². The van der Waals surface area contributed by atoms with Crippen LogP contribution >= 0.6 is 0 Å². The van der Waals surface area contributed by atoms with Crippen molar-refractivity contribution in [2.24, 2.45) is 0 Å². The van der Waals surface area contributed by atoms with Gasteiger partial charge >= 0.3 is 0 Å². The van der Waals surface area contributed by atoms with Crippen LogP contribution in [0, 0.1) is 0 Å². The molecule has 4 nitrogen and oxygen atoms in total. The molecule has 4 atom stereocenters. The fraction of sp³-hybridized carbons (Fsp3) is 1.00. The van der Waals surface area contributed by atoms with Crippen molar-refractivity contribution in [2.45, 2.75) is 36.7 Å². The van der Waals surface area contributed by atoms with Crippen LogP contribution in [0.3, 0.4) is 0 Å². The molecular formula is C8H13BO4. The third kappa shape index (κ3) is 1.31. The van der Waals surface area contributed by atoms with E-state index in [9.17, 15) is 10.2 Å². The Hall–Kier alpha value is -0.0951. The van der Waals surface area contributed by atoms with E-state index in [1.807, 2.05) is 0 Å². The SMILES string of the molecule is [B]C1OC2(CO)CCCOC1C2O. The molecule has 2 N–H and O–H groups in total. The number of aliphatic hydroxyl groups is 2. The summed E-state index contributed by atoms with van der Waals surface area (Å²) in [7, 11) is 5.62. The Morgan fingerprint density at radius 2 is 2.31 bits per heavy atom. The number of hydrogen-bond donors (Lipinski definition) is 2. The van der Waals surface area contributed by atoms with E-state index in [1.54, 1.807) is 0 Å². The van der Waals surface area contributed by atoms with Gasteiger partial charge in [-0.15, -0.1) is 0 Å². The first-order valence-electron chi connectivity index (χ1n) is 4.53. The lowest BCUT2D eigenvalue weighted by Gasteiger charge is -2.28. The van der Waals surface area contributed by atoms with Crippen LogP contribution in [0.2, 0.25) is 0 Å². The highest BCUT2D eigenvalue weighted by atomic mass is 16.6.